The molecule has 88 valence electrons. The Morgan fingerprint density at radius 1 is 1.33 bits per heavy atom. The van der Waals surface area contributed by atoms with Crippen LogP contribution in [-0.4, -0.2) is 39.0 Å². The zero-order chi connectivity index (χ0) is 10.7. The second kappa shape index (κ2) is 4.81. The number of rotatable bonds is 7. The van der Waals surface area contributed by atoms with Gasteiger partial charge in [-0.3, -0.25) is 0 Å². The second-order valence-corrected chi connectivity index (χ2v) is 5.02. The van der Waals surface area contributed by atoms with E-state index in [9.17, 15) is 0 Å². The van der Waals surface area contributed by atoms with Crippen molar-refractivity contribution in [1.82, 2.24) is 5.32 Å². The quantitative estimate of drug-likeness (QED) is 0.696. The topological polar surface area (TPSA) is 30.5 Å². The molecule has 0 aromatic carbocycles. The summed E-state index contributed by atoms with van der Waals surface area (Å²) < 4.78 is 10.9. The molecule has 2 fully saturated rings. The number of ether oxygens (including phenoxy) is 2. The fraction of sp³-hybridized carbons (Fsp3) is 1.00. The van der Waals surface area contributed by atoms with E-state index in [0.29, 0.717) is 6.04 Å². The smallest absolute Gasteiger partial charge is 0.0802 e. The van der Waals surface area contributed by atoms with Crippen LogP contribution in [-0.2, 0) is 9.47 Å². The van der Waals surface area contributed by atoms with Gasteiger partial charge in [0.15, 0.2) is 0 Å². The van der Waals surface area contributed by atoms with Crippen LogP contribution in [0.15, 0.2) is 0 Å². The molecular formula is C12H23NO2. The lowest BCUT2D eigenvalue weighted by molar-refractivity contribution is -0.0723. The van der Waals surface area contributed by atoms with Crippen molar-refractivity contribution >= 4 is 0 Å². The van der Waals surface area contributed by atoms with E-state index >= 15 is 0 Å². The summed E-state index contributed by atoms with van der Waals surface area (Å²) >= 11 is 0. The zero-order valence-electron chi connectivity index (χ0n) is 9.92. The number of nitrogens with one attached hydrogen (secondary N) is 1. The molecular weight excluding hydrogens is 190 g/mol. The van der Waals surface area contributed by atoms with Crippen LogP contribution < -0.4 is 5.32 Å². The van der Waals surface area contributed by atoms with Gasteiger partial charge in [-0.1, -0.05) is 0 Å². The number of methoxy groups -OCH3 is 2. The molecule has 2 rings (SSSR count). The molecule has 1 N–H and O–H groups in total. The molecule has 1 unspecified atom stereocenters. The summed E-state index contributed by atoms with van der Waals surface area (Å²) in [5, 5.41) is 3.63. The van der Waals surface area contributed by atoms with Crippen molar-refractivity contribution in [2.75, 3.05) is 27.4 Å². The van der Waals surface area contributed by atoms with E-state index in [1.807, 2.05) is 7.11 Å². The van der Waals surface area contributed by atoms with Gasteiger partial charge in [0.05, 0.1) is 12.2 Å². The molecule has 0 aromatic heterocycles. The summed E-state index contributed by atoms with van der Waals surface area (Å²) in [5.74, 6) is 0.846. The molecule has 3 nitrogen and oxygen atoms in total. The molecule has 0 saturated heterocycles. The monoisotopic (exact) mass is 213 g/mol. The van der Waals surface area contributed by atoms with E-state index < -0.39 is 0 Å². The third-order valence-corrected chi connectivity index (χ3v) is 3.92. The minimum Gasteiger partial charge on any atom is -0.383 e. The number of hydrogen-bond acceptors (Lipinski definition) is 3. The minimum atomic E-state index is 0.140. The van der Waals surface area contributed by atoms with E-state index in [-0.39, 0.29) is 5.60 Å². The molecule has 0 heterocycles. The Kier molecular flexibility index (Phi) is 3.65. The van der Waals surface area contributed by atoms with Crippen molar-refractivity contribution in [1.29, 1.82) is 0 Å². The van der Waals surface area contributed by atoms with Crippen LogP contribution >= 0.6 is 0 Å². The number of hydrogen-bond donors (Lipinski definition) is 1. The van der Waals surface area contributed by atoms with E-state index in [0.717, 1.165) is 19.1 Å². The molecule has 3 heteroatoms. The Bertz CT molecular complexity index is 194. The van der Waals surface area contributed by atoms with Crippen LogP contribution in [0.5, 0.6) is 0 Å². The lowest BCUT2D eigenvalue weighted by atomic mass is 9.80. The van der Waals surface area contributed by atoms with Crippen molar-refractivity contribution < 1.29 is 9.47 Å². The molecule has 0 aromatic rings. The third kappa shape index (κ3) is 2.71. The maximum absolute atomic E-state index is 5.60. The van der Waals surface area contributed by atoms with Crippen molar-refractivity contribution in [3.8, 4) is 0 Å². The summed E-state index contributed by atoms with van der Waals surface area (Å²) in [7, 11) is 3.62. The van der Waals surface area contributed by atoms with Crippen molar-refractivity contribution in [3.63, 3.8) is 0 Å². The summed E-state index contributed by atoms with van der Waals surface area (Å²) in [4.78, 5) is 0. The van der Waals surface area contributed by atoms with Gasteiger partial charge in [-0.25, -0.2) is 0 Å². The van der Waals surface area contributed by atoms with Gasteiger partial charge in [0, 0.05) is 26.8 Å². The van der Waals surface area contributed by atoms with Gasteiger partial charge in [0.1, 0.15) is 0 Å². The highest BCUT2D eigenvalue weighted by Gasteiger charge is 2.39. The van der Waals surface area contributed by atoms with Crippen LogP contribution in [0.4, 0.5) is 0 Å². The fourth-order valence-corrected chi connectivity index (χ4v) is 2.38. The van der Waals surface area contributed by atoms with E-state index in [1.54, 1.807) is 7.11 Å². The molecule has 2 aliphatic carbocycles. The van der Waals surface area contributed by atoms with Gasteiger partial charge >= 0.3 is 0 Å². The highest BCUT2D eigenvalue weighted by molar-refractivity contribution is 4.94. The maximum atomic E-state index is 5.60. The Balaban J connectivity index is 1.74. The standard InChI is InChI=1S/C12H23NO2/c1-14-8-11(10-4-5-10)13-9-12(15-2)6-3-7-12/h10-11,13H,3-9H2,1-2H3. The summed E-state index contributed by atoms with van der Waals surface area (Å²) in [6.45, 7) is 1.83. The van der Waals surface area contributed by atoms with Crippen LogP contribution in [0.3, 0.4) is 0 Å². The van der Waals surface area contributed by atoms with E-state index in [1.165, 1.54) is 32.1 Å². The van der Waals surface area contributed by atoms with Crippen molar-refractivity contribution in [2.24, 2.45) is 5.92 Å². The summed E-state index contributed by atoms with van der Waals surface area (Å²) in [5.41, 5.74) is 0.140. The van der Waals surface area contributed by atoms with E-state index in [4.69, 9.17) is 9.47 Å². The van der Waals surface area contributed by atoms with Crippen molar-refractivity contribution in [2.45, 2.75) is 43.7 Å². The van der Waals surface area contributed by atoms with Crippen LogP contribution in [0.25, 0.3) is 0 Å². The first kappa shape index (κ1) is 11.4. The predicted octanol–water partition coefficient (Wildman–Crippen LogP) is 1.57. The van der Waals surface area contributed by atoms with Gasteiger partial charge in [0.25, 0.3) is 0 Å². The lowest BCUT2D eigenvalue weighted by Crippen LogP contribution is -2.51. The van der Waals surface area contributed by atoms with E-state index in [2.05, 4.69) is 5.32 Å². The molecule has 0 amide bonds. The van der Waals surface area contributed by atoms with Gasteiger partial charge < -0.3 is 14.8 Å². The SMILES string of the molecule is COCC(NCC1(OC)CCC1)C1CC1. The molecule has 0 radical (unpaired) electrons. The molecule has 0 bridgehead atoms. The summed E-state index contributed by atoms with van der Waals surface area (Å²) in [6.07, 6.45) is 6.46. The zero-order valence-corrected chi connectivity index (χ0v) is 9.92. The Hall–Kier alpha value is -0.120. The third-order valence-electron chi connectivity index (χ3n) is 3.92. The van der Waals surface area contributed by atoms with Gasteiger partial charge in [0.2, 0.25) is 0 Å². The fourth-order valence-electron chi connectivity index (χ4n) is 2.38. The molecule has 2 aliphatic rings. The first-order valence-corrected chi connectivity index (χ1v) is 6.07. The average molecular weight is 213 g/mol. The largest absolute Gasteiger partial charge is 0.383 e. The molecule has 2 saturated carbocycles. The highest BCUT2D eigenvalue weighted by Crippen LogP contribution is 2.36. The minimum absolute atomic E-state index is 0.140. The van der Waals surface area contributed by atoms with Crippen LogP contribution in [0.2, 0.25) is 0 Å². The Morgan fingerprint density at radius 3 is 2.47 bits per heavy atom. The van der Waals surface area contributed by atoms with Gasteiger partial charge in [-0.2, -0.15) is 0 Å². The van der Waals surface area contributed by atoms with Crippen LogP contribution in [0, 0.1) is 5.92 Å². The predicted molar refractivity (Wildman–Crippen MR) is 60.0 cm³/mol. The first-order valence-electron chi connectivity index (χ1n) is 6.07. The highest BCUT2D eigenvalue weighted by atomic mass is 16.5. The Labute approximate surface area is 92.5 Å². The first-order chi connectivity index (χ1) is 7.29. The molecule has 0 aliphatic heterocycles. The lowest BCUT2D eigenvalue weighted by Gasteiger charge is -2.41. The molecule has 1 atom stereocenters. The maximum Gasteiger partial charge on any atom is 0.0802 e. The molecule has 15 heavy (non-hydrogen) atoms. The summed E-state index contributed by atoms with van der Waals surface area (Å²) in [6, 6.07) is 0.544. The second-order valence-electron chi connectivity index (χ2n) is 5.02. The van der Waals surface area contributed by atoms with Crippen molar-refractivity contribution in [3.05, 3.63) is 0 Å². The Morgan fingerprint density at radius 2 is 2.07 bits per heavy atom. The normalized spacial score (nSPS) is 26.0. The molecule has 0 spiro atoms. The van der Waals surface area contributed by atoms with Crippen LogP contribution in [0.1, 0.15) is 32.1 Å². The average Bonchev–Trinajstić information content (AvgIpc) is 2.98. The van der Waals surface area contributed by atoms with Gasteiger partial charge in [-0.05, 0) is 38.0 Å². The van der Waals surface area contributed by atoms with Gasteiger partial charge in [-0.15, -0.1) is 0 Å².